The largest absolute Gasteiger partial charge is 0.308 e. The molecule has 0 amide bonds. The molecule has 10 heterocycles. The number of para-hydroxylation sites is 7. The highest BCUT2D eigenvalue weighted by Gasteiger charge is 2.32. The van der Waals surface area contributed by atoms with E-state index in [0.29, 0.717) is 5.95 Å². The van der Waals surface area contributed by atoms with Gasteiger partial charge in [0.05, 0.1) is 88.6 Å². The standard InChI is InChI=1S/C42H24N4.C40H24N4.C40H24N3/c1-2-11-26-24-27(21-20-25(26)10-1)40-42(44-33-16-6-5-15-32(33)43-40)46-36-19-9-14-30-28-12-3-7-17-34(28)45-35-18-8-4-13-29(35)31-22-23-37(46)39(38(30)36)41(31)45;1-3-12-25(13-4-1)31-24-32(26-14-5-2-6-15-26)42-40(41-31)44-35-21-11-18-29-27-16-7-9-19-33(27)43-34-20-10-8-17-28(34)30-22-23-36(44)38(37(29)35)39(30)43;1-2-12-27(13-3-1)42-24-36(41-40-28-14-5-4-10-25(28)20-23-35(40)42)43-33-19-9-18-32-30-16-7-6-15-29(30)31-17-8-11-26-21-22-34(43)39(37(26)31)38(32)33/h1-24H;1-24H;1-24H/q;;+1. The number of rotatable bonds is 7. The van der Waals surface area contributed by atoms with Crippen LogP contribution in [0.15, 0.2) is 437 Å². The van der Waals surface area contributed by atoms with Crippen molar-refractivity contribution in [3.63, 3.8) is 0 Å². The van der Waals surface area contributed by atoms with Gasteiger partial charge in [0.1, 0.15) is 11.2 Å². The molecule has 0 aliphatic heterocycles. The van der Waals surface area contributed by atoms with Gasteiger partial charge in [-0.1, -0.05) is 322 Å². The number of nitrogens with zero attached hydrogens (tertiary/aromatic N) is 11. The molecule has 1 aliphatic carbocycles. The van der Waals surface area contributed by atoms with Crippen LogP contribution in [-0.4, -0.2) is 47.4 Å². The second kappa shape index (κ2) is 28.2. The summed E-state index contributed by atoms with van der Waals surface area (Å²) in [5.74, 6) is 2.40. The Bertz CT molecular complexity index is 10100. The molecule has 10 aromatic heterocycles. The van der Waals surface area contributed by atoms with Crippen molar-refractivity contribution in [3.05, 3.63) is 437 Å². The smallest absolute Gasteiger partial charge is 0.237 e. The van der Waals surface area contributed by atoms with E-state index >= 15 is 0 Å². The topological polar surface area (TPSA) is 91.9 Å². The second-order valence-electron chi connectivity index (χ2n) is 35.0. The van der Waals surface area contributed by atoms with E-state index in [-0.39, 0.29) is 0 Å². The third kappa shape index (κ3) is 10.6. The molecule has 0 saturated carbocycles. The lowest BCUT2D eigenvalue weighted by atomic mass is 9.93. The van der Waals surface area contributed by atoms with Crippen LogP contribution in [0.4, 0.5) is 0 Å². The summed E-state index contributed by atoms with van der Waals surface area (Å²) >= 11 is 0. The molecule has 0 saturated heterocycles. The van der Waals surface area contributed by atoms with Gasteiger partial charge in [0.15, 0.2) is 5.82 Å². The maximum atomic E-state index is 5.47. The molecule has 0 radical (unpaired) electrons. The van der Waals surface area contributed by atoms with Crippen LogP contribution in [0.3, 0.4) is 0 Å². The molecule has 614 valence electrons. The minimum absolute atomic E-state index is 0.665. The maximum absolute atomic E-state index is 5.47. The zero-order chi connectivity index (χ0) is 86.8. The Labute approximate surface area is 759 Å². The minimum atomic E-state index is 0.665. The van der Waals surface area contributed by atoms with Gasteiger partial charge < -0.3 is 8.80 Å². The molecule has 30 aromatic rings. The van der Waals surface area contributed by atoms with Gasteiger partial charge in [0.25, 0.3) is 0 Å². The molecule has 20 aromatic carbocycles. The normalized spacial score (nSPS) is 12.2. The van der Waals surface area contributed by atoms with Crippen LogP contribution in [0.5, 0.6) is 0 Å². The van der Waals surface area contributed by atoms with Crippen molar-refractivity contribution < 1.29 is 4.57 Å². The van der Waals surface area contributed by atoms with Crippen molar-refractivity contribution >= 4 is 196 Å². The minimum Gasteiger partial charge on any atom is -0.308 e. The van der Waals surface area contributed by atoms with Gasteiger partial charge in [-0.2, -0.15) is 4.57 Å². The molecule has 0 bridgehead atoms. The fourth-order valence-electron chi connectivity index (χ4n) is 22.5. The molecular formula is C122H72N11+. The van der Waals surface area contributed by atoms with Crippen LogP contribution in [0, 0.1) is 0 Å². The van der Waals surface area contributed by atoms with Crippen molar-refractivity contribution in [2.24, 2.45) is 0 Å². The van der Waals surface area contributed by atoms with E-state index in [9.17, 15) is 0 Å². The highest BCUT2D eigenvalue weighted by molar-refractivity contribution is 6.36. The molecular weight excluding hydrogens is 1620 g/mol. The van der Waals surface area contributed by atoms with E-state index in [0.717, 1.165) is 101 Å². The number of hydrogen-bond acceptors (Lipinski definition) is 5. The van der Waals surface area contributed by atoms with Gasteiger partial charge in [-0.25, -0.2) is 24.9 Å². The lowest BCUT2D eigenvalue weighted by Crippen LogP contribution is -2.32. The van der Waals surface area contributed by atoms with Crippen LogP contribution in [-0.2, 0) is 0 Å². The molecule has 31 rings (SSSR count). The third-order valence-electron chi connectivity index (χ3n) is 28.1. The highest BCUT2D eigenvalue weighted by Crippen LogP contribution is 2.53. The van der Waals surface area contributed by atoms with E-state index in [1.165, 1.54) is 169 Å². The SMILES string of the molecule is c1ccc(-[n+]2cc(-n3c4cccc5c4c4c6c(cccc6ccc43)-c3ccccc3-5)nc3c4ccccc4ccc32)cc1.c1ccc(-c2cc(-c3ccccc3)nc(-n3c4cccc5c6ccccc6n6c7ccccc7c7ccc3c(c54)c76)n2)cc1.c1ccc2cc(-c3nc4ccccc4nc3-n3c4cccc5c6ccccc6n6c7ccccc7c7ccc3c(c54)c76)ccc2c1. The van der Waals surface area contributed by atoms with E-state index in [4.69, 9.17) is 24.9 Å². The summed E-state index contributed by atoms with van der Waals surface area (Å²) in [6, 6.07) is 154. The Balaban J connectivity index is 0.0000000975. The first-order valence-corrected chi connectivity index (χ1v) is 45.4. The Morgan fingerprint density at radius 1 is 0.218 bits per heavy atom. The predicted molar refractivity (Wildman–Crippen MR) is 550 cm³/mol. The van der Waals surface area contributed by atoms with Crippen LogP contribution in [0.1, 0.15) is 0 Å². The summed E-state index contributed by atoms with van der Waals surface area (Å²) in [6.45, 7) is 0. The molecule has 0 unspecified atom stereocenters. The van der Waals surface area contributed by atoms with Crippen molar-refractivity contribution in [2.45, 2.75) is 0 Å². The second-order valence-corrected chi connectivity index (χ2v) is 35.0. The quantitative estimate of drug-likeness (QED) is 0.117. The van der Waals surface area contributed by atoms with Gasteiger partial charge in [0.2, 0.25) is 29.2 Å². The molecule has 0 fully saturated rings. The van der Waals surface area contributed by atoms with Gasteiger partial charge in [-0.15, -0.1) is 0 Å². The van der Waals surface area contributed by atoms with Crippen molar-refractivity contribution in [3.8, 4) is 79.3 Å². The Hall–Kier alpha value is -18.1. The summed E-state index contributed by atoms with van der Waals surface area (Å²) in [6.07, 6.45) is 2.20. The first-order chi connectivity index (χ1) is 66.0. The van der Waals surface area contributed by atoms with Crippen LogP contribution < -0.4 is 4.57 Å². The van der Waals surface area contributed by atoms with Gasteiger partial charge in [-0.05, 0) is 151 Å². The lowest BCUT2D eigenvalue weighted by molar-refractivity contribution is -0.567. The lowest BCUT2D eigenvalue weighted by Gasteiger charge is -2.14. The molecule has 133 heavy (non-hydrogen) atoms. The first kappa shape index (κ1) is 73.0. The van der Waals surface area contributed by atoms with Gasteiger partial charge in [0, 0.05) is 105 Å². The van der Waals surface area contributed by atoms with Crippen molar-refractivity contribution in [1.29, 1.82) is 0 Å². The predicted octanol–water partition coefficient (Wildman–Crippen LogP) is 30.3. The third-order valence-corrected chi connectivity index (χ3v) is 28.1. The Kier molecular flexibility index (Phi) is 15.5. The monoisotopic (exact) mass is 1690 g/mol. The highest BCUT2D eigenvalue weighted by atomic mass is 15.2. The summed E-state index contributed by atoms with van der Waals surface area (Å²) in [5.41, 5.74) is 30.0. The molecule has 11 nitrogen and oxygen atoms in total. The van der Waals surface area contributed by atoms with E-state index in [1.807, 2.05) is 24.3 Å². The first-order valence-electron chi connectivity index (χ1n) is 45.4. The van der Waals surface area contributed by atoms with Crippen molar-refractivity contribution in [1.82, 2.24) is 47.4 Å². The summed E-state index contributed by atoms with van der Waals surface area (Å²) in [7, 11) is 0. The van der Waals surface area contributed by atoms with E-state index in [2.05, 4.69) is 440 Å². The van der Waals surface area contributed by atoms with E-state index < -0.39 is 0 Å². The fraction of sp³-hybridized carbons (Fsp3) is 0. The molecule has 0 atom stereocenters. The zero-order valence-corrected chi connectivity index (χ0v) is 71.5. The zero-order valence-electron chi connectivity index (χ0n) is 71.5. The van der Waals surface area contributed by atoms with Crippen molar-refractivity contribution in [2.75, 3.05) is 0 Å². The van der Waals surface area contributed by atoms with Gasteiger partial charge >= 0.3 is 0 Å². The summed E-state index contributed by atoms with van der Waals surface area (Å²) in [4.78, 5) is 26.7. The average Bonchev–Trinajstić information content (AvgIpc) is 1.55. The fourth-order valence-corrected chi connectivity index (χ4v) is 22.5. The summed E-state index contributed by atoms with van der Waals surface area (Å²) in [5, 5.41) is 24.8. The average molecular weight is 1690 g/mol. The molecule has 11 heteroatoms. The maximum Gasteiger partial charge on any atom is 0.237 e. The Morgan fingerprint density at radius 3 is 1.26 bits per heavy atom. The Morgan fingerprint density at radius 2 is 0.639 bits per heavy atom. The van der Waals surface area contributed by atoms with Crippen LogP contribution in [0.25, 0.3) is 275 Å². The molecule has 0 N–H and O–H groups in total. The van der Waals surface area contributed by atoms with Crippen LogP contribution in [0.2, 0.25) is 0 Å². The van der Waals surface area contributed by atoms with E-state index in [1.54, 1.807) is 0 Å². The summed E-state index contributed by atoms with van der Waals surface area (Å²) < 4.78 is 14.2. The van der Waals surface area contributed by atoms with Gasteiger partial charge in [-0.3, -0.25) is 13.7 Å². The molecule has 1 aliphatic rings. The number of aromatic nitrogens is 11. The number of benzene rings is 20. The molecule has 0 spiro atoms. The van der Waals surface area contributed by atoms with Crippen LogP contribution >= 0.6 is 0 Å². The number of hydrogen-bond donors (Lipinski definition) is 0. The number of fused-ring (bicyclic) bond motifs is 20.